The Morgan fingerprint density at radius 3 is 2.38 bits per heavy atom. The molecule has 0 aliphatic rings. The molecule has 0 saturated carbocycles. The summed E-state index contributed by atoms with van der Waals surface area (Å²) in [6.45, 7) is 0. The zero-order chi connectivity index (χ0) is 17.5. The molecule has 0 bridgehead atoms. The molecule has 0 aliphatic heterocycles. The van der Waals surface area contributed by atoms with Gasteiger partial charge in [-0.2, -0.15) is 0 Å². The lowest BCUT2D eigenvalue weighted by atomic mass is 10.1. The molecule has 126 valence electrons. The summed E-state index contributed by atoms with van der Waals surface area (Å²) in [5, 5.41) is 3.24. The molecule has 0 fully saturated rings. The van der Waals surface area contributed by atoms with Crippen molar-refractivity contribution in [3.05, 3.63) is 53.1 Å². The summed E-state index contributed by atoms with van der Waals surface area (Å²) in [5.41, 5.74) is 1.22. The standard InChI is InChI=1S/C18H18ClNO4/c1-22-14-6-8-16(23-2)12(10-14)4-9-18(21)20-15-11-13(19)5-7-17(15)24-3/h4-11H,1-3H3,(H,20,21)/b9-4+. The molecule has 0 spiro atoms. The van der Waals surface area contributed by atoms with Gasteiger partial charge in [0.15, 0.2) is 0 Å². The van der Waals surface area contributed by atoms with Crippen LogP contribution in [-0.2, 0) is 4.79 Å². The van der Waals surface area contributed by atoms with Crippen molar-refractivity contribution in [2.75, 3.05) is 26.6 Å². The Bertz CT molecular complexity index is 759. The van der Waals surface area contributed by atoms with E-state index in [9.17, 15) is 4.79 Å². The highest BCUT2D eigenvalue weighted by Gasteiger charge is 2.07. The van der Waals surface area contributed by atoms with Crippen molar-refractivity contribution < 1.29 is 19.0 Å². The van der Waals surface area contributed by atoms with Gasteiger partial charge < -0.3 is 19.5 Å². The first kappa shape index (κ1) is 17.7. The molecule has 0 aliphatic carbocycles. The molecule has 2 aromatic carbocycles. The van der Waals surface area contributed by atoms with Gasteiger partial charge in [-0.05, 0) is 42.5 Å². The molecule has 0 radical (unpaired) electrons. The molecule has 0 saturated heterocycles. The van der Waals surface area contributed by atoms with Crippen LogP contribution in [0.15, 0.2) is 42.5 Å². The number of amides is 1. The van der Waals surface area contributed by atoms with Crippen molar-refractivity contribution in [2.24, 2.45) is 0 Å². The Morgan fingerprint density at radius 1 is 1.00 bits per heavy atom. The summed E-state index contributed by atoms with van der Waals surface area (Å²) >= 11 is 5.95. The van der Waals surface area contributed by atoms with Crippen LogP contribution in [0.4, 0.5) is 5.69 Å². The normalized spacial score (nSPS) is 10.5. The second-order valence-corrected chi connectivity index (χ2v) is 5.21. The smallest absolute Gasteiger partial charge is 0.248 e. The van der Waals surface area contributed by atoms with E-state index in [1.165, 1.54) is 13.2 Å². The number of halogens is 1. The maximum Gasteiger partial charge on any atom is 0.248 e. The maximum absolute atomic E-state index is 12.2. The lowest BCUT2D eigenvalue weighted by Crippen LogP contribution is -2.09. The third-order valence-corrected chi connectivity index (χ3v) is 3.51. The van der Waals surface area contributed by atoms with Gasteiger partial charge in [-0.3, -0.25) is 4.79 Å². The van der Waals surface area contributed by atoms with E-state index in [1.807, 2.05) is 0 Å². The van der Waals surface area contributed by atoms with Crippen LogP contribution < -0.4 is 19.5 Å². The second kappa shape index (κ2) is 8.26. The highest BCUT2D eigenvalue weighted by Crippen LogP contribution is 2.28. The first-order valence-electron chi connectivity index (χ1n) is 7.12. The highest BCUT2D eigenvalue weighted by atomic mass is 35.5. The first-order chi connectivity index (χ1) is 11.6. The van der Waals surface area contributed by atoms with E-state index in [0.717, 1.165) is 5.56 Å². The van der Waals surface area contributed by atoms with Gasteiger partial charge in [0.25, 0.3) is 0 Å². The number of nitrogens with one attached hydrogen (secondary N) is 1. The van der Waals surface area contributed by atoms with E-state index in [2.05, 4.69) is 5.32 Å². The molecule has 0 heterocycles. The Labute approximate surface area is 145 Å². The zero-order valence-corrected chi connectivity index (χ0v) is 14.4. The number of anilines is 1. The zero-order valence-electron chi connectivity index (χ0n) is 13.6. The van der Waals surface area contributed by atoms with Crippen molar-refractivity contribution in [3.63, 3.8) is 0 Å². The van der Waals surface area contributed by atoms with E-state index in [4.69, 9.17) is 25.8 Å². The van der Waals surface area contributed by atoms with Gasteiger partial charge in [0, 0.05) is 16.7 Å². The van der Waals surface area contributed by atoms with Crippen molar-refractivity contribution in [1.29, 1.82) is 0 Å². The van der Waals surface area contributed by atoms with Crippen molar-refractivity contribution in [2.45, 2.75) is 0 Å². The minimum Gasteiger partial charge on any atom is -0.497 e. The third-order valence-electron chi connectivity index (χ3n) is 3.27. The summed E-state index contributed by atoms with van der Waals surface area (Å²) in [4.78, 5) is 12.2. The fourth-order valence-corrected chi connectivity index (χ4v) is 2.26. The number of carbonyl (C=O) groups is 1. The molecule has 1 N–H and O–H groups in total. The summed E-state index contributed by atoms with van der Waals surface area (Å²) in [7, 11) is 4.67. The minimum atomic E-state index is -0.319. The van der Waals surface area contributed by atoms with Crippen LogP contribution in [0, 0.1) is 0 Å². The molecule has 2 rings (SSSR count). The Morgan fingerprint density at radius 2 is 1.71 bits per heavy atom. The topological polar surface area (TPSA) is 56.8 Å². The lowest BCUT2D eigenvalue weighted by Gasteiger charge is -2.09. The van der Waals surface area contributed by atoms with Crippen LogP contribution in [0.25, 0.3) is 6.08 Å². The number of ether oxygens (including phenoxy) is 3. The number of methoxy groups -OCH3 is 3. The van der Waals surface area contributed by atoms with Crippen molar-refractivity contribution >= 4 is 29.3 Å². The Kier molecular flexibility index (Phi) is 6.09. The molecule has 6 heteroatoms. The summed E-state index contributed by atoms with van der Waals surface area (Å²) in [6.07, 6.45) is 3.05. The molecular formula is C18H18ClNO4. The molecule has 5 nitrogen and oxygen atoms in total. The van der Waals surface area contributed by atoms with Crippen LogP contribution in [0.3, 0.4) is 0 Å². The SMILES string of the molecule is COc1ccc(OC)c(/C=C/C(=O)Nc2cc(Cl)ccc2OC)c1. The summed E-state index contributed by atoms with van der Waals surface area (Å²) in [6, 6.07) is 10.3. The van der Waals surface area contributed by atoms with Crippen LogP contribution in [0.5, 0.6) is 17.2 Å². The number of rotatable bonds is 6. The van der Waals surface area contributed by atoms with Gasteiger partial charge >= 0.3 is 0 Å². The van der Waals surface area contributed by atoms with E-state index >= 15 is 0 Å². The first-order valence-corrected chi connectivity index (χ1v) is 7.49. The van der Waals surface area contributed by atoms with Gasteiger partial charge in [-0.1, -0.05) is 11.6 Å². The molecular weight excluding hydrogens is 330 g/mol. The van der Waals surface area contributed by atoms with E-state index < -0.39 is 0 Å². The number of hydrogen-bond donors (Lipinski definition) is 1. The average Bonchev–Trinajstić information content (AvgIpc) is 2.59. The molecule has 0 atom stereocenters. The second-order valence-electron chi connectivity index (χ2n) is 4.78. The summed E-state index contributed by atoms with van der Waals surface area (Å²) in [5.74, 6) is 1.52. The van der Waals surface area contributed by atoms with E-state index in [0.29, 0.717) is 28.0 Å². The maximum atomic E-state index is 12.2. The van der Waals surface area contributed by atoms with Gasteiger partial charge in [-0.25, -0.2) is 0 Å². The quantitative estimate of drug-likeness (QED) is 0.802. The van der Waals surface area contributed by atoms with Crippen molar-refractivity contribution in [3.8, 4) is 17.2 Å². The lowest BCUT2D eigenvalue weighted by molar-refractivity contribution is -0.111. The number of hydrogen-bond acceptors (Lipinski definition) is 4. The summed E-state index contributed by atoms with van der Waals surface area (Å²) < 4.78 is 15.6. The Balaban J connectivity index is 2.18. The van der Waals surface area contributed by atoms with Gasteiger partial charge in [0.2, 0.25) is 5.91 Å². The van der Waals surface area contributed by atoms with E-state index in [-0.39, 0.29) is 5.91 Å². The minimum absolute atomic E-state index is 0.319. The van der Waals surface area contributed by atoms with E-state index in [1.54, 1.807) is 56.7 Å². The largest absolute Gasteiger partial charge is 0.497 e. The monoisotopic (exact) mass is 347 g/mol. The fourth-order valence-electron chi connectivity index (χ4n) is 2.09. The van der Waals surface area contributed by atoms with Crippen LogP contribution in [0.2, 0.25) is 5.02 Å². The van der Waals surface area contributed by atoms with Gasteiger partial charge in [0.05, 0.1) is 27.0 Å². The molecule has 2 aromatic rings. The fraction of sp³-hybridized carbons (Fsp3) is 0.167. The predicted octanol–water partition coefficient (Wildman–Crippen LogP) is 4.02. The van der Waals surface area contributed by atoms with Crippen LogP contribution >= 0.6 is 11.6 Å². The van der Waals surface area contributed by atoms with Crippen molar-refractivity contribution in [1.82, 2.24) is 0 Å². The Hall–Kier alpha value is -2.66. The molecule has 0 aromatic heterocycles. The predicted molar refractivity (Wildman–Crippen MR) is 95.2 cm³/mol. The van der Waals surface area contributed by atoms with Crippen LogP contribution in [0.1, 0.15) is 5.56 Å². The molecule has 0 unspecified atom stereocenters. The van der Waals surface area contributed by atoms with Crippen LogP contribution in [-0.4, -0.2) is 27.2 Å². The van der Waals surface area contributed by atoms with Gasteiger partial charge in [0.1, 0.15) is 17.2 Å². The number of carbonyl (C=O) groups excluding carboxylic acids is 1. The molecule has 1 amide bonds. The van der Waals surface area contributed by atoms with Gasteiger partial charge in [-0.15, -0.1) is 0 Å². The number of benzene rings is 2. The molecule has 24 heavy (non-hydrogen) atoms. The average molecular weight is 348 g/mol. The third kappa shape index (κ3) is 4.43. The highest BCUT2D eigenvalue weighted by molar-refractivity contribution is 6.31.